The lowest BCUT2D eigenvalue weighted by atomic mass is 10.1. The summed E-state index contributed by atoms with van der Waals surface area (Å²) in [6.07, 6.45) is 2.46. The molecule has 0 unspecified atom stereocenters. The molecule has 9 heteroatoms. The molecule has 2 aromatic rings. The molecule has 0 radical (unpaired) electrons. The van der Waals surface area contributed by atoms with Crippen LogP contribution in [0.1, 0.15) is 18.1 Å². The van der Waals surface area contributed by atoms with Crippen molar-refractivity contribution in [3.05, 3.63) is 63.7 Å². The Bertz CT molecular complexity index is 1010. The average Bonchev–Trinajstić information content (AvgIpc) is 2.67. The first kappa shape index (κ1) is 19.8. The van der Waals surface area contributed by atoms with Crippen LogP contribution in [-0.4, -0.2) is 32.7 Å². The molecule has 0 aliphatic carbocycles. The maximum absolute atomic E-state index is 12.3. The Morgan fingerprint density at radius 1 is 1.25 bits per heavy atom. The van der Waals surface area contributed by atoms with Crippen LogP contribution < -0.4 is 9.47 Å². The summed E-state index contributed by atoms with van der Waals surface area (Å²) in [4.78, 5) is 10.8. The van der Waals surface area contributed by atoms with Crippen LogP contribution in [0.3, 0.4) is 0 Å². The van der Waals surface area contributed by atoms with Crippen molar-refractivity contribution in [1.82, 2.24) is 0 Å². The van der Waals surface area contributed by atoms with Gasteiger partial charge < -0.3 is 9.47 Å². The van der Waals surface area contributed by atoms with Gasteiger partial charge in [-0.15, -0.1) is 0 Å². The van der Waals surface area contributed by atoms with Gasteiger partial charge in [-0.3, -0.25) is 14.3 Å². The molecule has 28 heavy (non-hydrogen) atoms. The Balaban J connectivity index is 1.79. The second-order valence-corrected chi connectivity index (χ2v) is 7.80. The fourth-order valence-electron chi connectivity index (χ4n) is 2.70. The second-order valence-electron chi connectivity index (χ2n) is 6.19. The van der Waals surface area contributed by atoms with E-state index in [1.807, 2.05) is 6.92 Å². The van der Waals surface area contributed by atoms with Gasteiger partial charge in [0.15, 0.2) is 17.6 Å². The summed E-state index contributed by atoms with van der Waals surface area (Å²) in [6.45, 7) is 3.35. The van der Waals surface area contributed by atoms with Crippen LogP contribution in [-0.2, 0) is 14.3 Å². The smallest absolute Gasteiger partial charge is 0.297 e. The molecular weight excluding hydrogens is 386 g/mol. The molecule has 1 atom stereocenters. The van der Waals surface area contributed by atoms with E-state index in [2.05, 4.69) is 0 Å². The van der Waals surface area contributed by atoms with Gasteiger partial charge in [0, 0.05) is 6.07 Å². The number of benzene rings is 2. The first-order valence-electron chi connectivity index (χ1n) is 8.51. The van der Waals surface area contributed by atoms with Crippen molar-refractivity contribution < 1.29 is 27.0 Å². The van der Waals surface area contributed by atoms with Crippen molar-refractivity contribution in [2.24, 2.45) is 0 Å². The molecule has 0 saturated carbocycles. The molecule has 0 saturated heterocycles. The van der Waals surface area contributed by atoms with Crippen molar-refractivity contribution >= 4 is 21.9 Å². The van der Waals surface area contributed by atoms with Gasteiger partial charge in [0.1, 0.15) is 13.2 Å². The zero-order chi connectivity index (χ0) is 20.3. The van der Waals surface area contributed by atoms with Crippen LogP contribution in [0.5, 0.6) is 11.5 Å². The van der Waals surface area contributed by atoms with Crippen molar-refractivity contribution in [2.45, 2.75) is 24.8 Å². The number of hydrogen-bond acceptors (Lipinski definition) is 7. The number of aryl methyl sites for hydroxylation is 1. The van der Waals surface area contributed by atoms with E-state index in [1.54, 1.807) is 31.2 Å². The number of nitrogens with zero attached hydrogens (tertiary/aromatic N) is 1. The molecule has 0 bridgehead atoms. The highest BCUT2D eigenvalue weighted by Crippen LogP contribution is 2.41. The molecule has 148 valence electrons. The van der Waals surface area contributed by atoms with Crippen LogP contribution in [0, 0.1) is 17.0 Å². The van der Waals surface area contributed by atoms with Crippen LogP contribution in [0.15, 0.2) is 47.4 Å². The lowest BCUT2D eigenvalue weighted by Gasteiger charge is -2.27. The Morgan fingerprint density at radius 3 is 2.61 bits per heavy atom. The fourth-order valence-corrected chi connectivity index (χ4v) is 3.63. The third-order valence-electron chi connectivity index (χ3n) is 4.09. The van der Waals surface area contributed by atoms with Crippen LogP contribution in [0.2, 0.25) is 0 Å². The summed E-state index contributed by atoms with van der Waals surface area (Å²) in [5, 5.41) is 11.3. The number of allylic oxidation sites excluding steroid dienone is 1. The van der Waals surface area contributed by atoms with E-state index in [4.69, 9.17) is 13.7 Å². The van der Waals surface area contributed by atoms with Gasteiger partial charge in [-0.1, -0.05) is 23.8 Å². The topological polar surface area (TPSA) is 105 Å². The molecule has 0 spiro atoms. The predicted molar refractivity (Wildman–Crippen MR) is 102 cm³/mol. The average molecular weight is 405 g/mol. The highest BCUT2D eigenvalue weighted by atomic mass is 32.2. The van der Waals surface area contributed by atoms with E-state index >= 15 is 0 Å². The summed E-state index contributed by atoms with van der Waals surface area (Å²) in [6, 6.07) is 9.08. The molecule has 0 fully saturated rings. The second kappa shape index (κ2) is 7.99. The third kappa shape index (κ3) is 4.15. The van der Waals surface area contributed by atoms with Gasteiger partial charge in [-0.05, 0) is 38.1 Å². The molecule has 1 aliphatic heterocycles. The van der Waals surface area contributed by atoms with Crippen molar-refractivity contribution in [3.8, 4) is 11.5 Å². The van der Waals surface area contributed by atoms with Crippen molar-refractivity contribution in [1.29, 1.82) is 0 Å². The zero-order valence-electron chi connectivity index (χ0n) is 15.3. The SMILES string of the molecule is C/C=C/c1c([N+](=O)[O-])ccc2c1O[C@@H](COS(=O)(=O)c1ccc(C)cc1)CO2. The molecule has 0 N–H and O–H groups in total. The summed E-state index contributed by atoms with van der Waals surface area (Å²) in [5.41, 5.74) is 1.06. The molecule has 1 aliphatic rings. The highest BCUT2D eigenvalue weighted by molar-refractivity contribution is 7.86. The summed E-state index contributed by atoms with van der Waals surface area (Å²) in [7, 11) is -3.95. The van der Waals surface area contributed by atoms with Crippen LogP contribution in [0.4, 0.5) is 5.69 Å². The third-order valence-corrected chi connectivity index (χ3v) is 5.39. The maximum Gasteiger partial charge on any atom is 0.297 e. The van der Waals surface area contributed by atoms with E-state index in [0.717, 1.165) is 5.56 Å². The van der Waals surface area contributed by atoms with Gasteiger partial charge in [-0.25, -0.2) is 0 Å². The van der Waals surface area contributed by atoms with E-state index in [-0.39, 0.29) is 35.1 Å². The molecule has 0 aromatic heterocycles. The van der Waals surface area contributed by atoms with Crippen LogP contribution >= 0.6 is 0 Å². The summed E-state index contributed by atoms with van der Waals surface area (Å²) >= 11 is 0. The standard InChI is InChI=1S/C19H19NO7S/c1-3-4-16-17(20(21)22)9-10-18-19(16)27-14(11-25-18)12-26-28(23,24)15-7-5-13(2)6-8-15/h3-10,14H,11-12H2,1-2H3/b4-3+/t14-/m1/s1. The number of hydrogen-bond donors (Lipinski definition) is 0. The Morgan fingerprint density at radius 2 is 1.96 bits per heavy atom. The first-order valence-corrected chi connectivity index (χ1v) is 9.92. The number of nitro benzene ring substituents is 1. The Kier molecular flexibility index (Phi) is 5.66. The lowest BCUT2D eigenvalue weighted by molar-refractivity contribution is -0.385. The normalized spacial score (nSPS) is 16.3. The molecule has 1 heterocycles. The quantitative estimate of drug-likeness (QED) is 0.411. The molecule has 3 rings (SSSR count). The van der Waals surface area contributed by atoms with E-state index < -0.39 is 21.1 Å². The zero-order valence-corrected chi connectivity index (χ0v) is 16.1. The minimum Gasteiger partial charge on any atom is -0.486 e. The number of nitro groups is 1. The van der Waals surface area contributed by atoms with Crippen molar-refractivity contribution in [2.75, 3.05) is 13.2 Å². The summed E-state index contributed by atoms with van der Waals surface area (Å²) < 4.78 is 41.1. The Hall–Kier alpha value is -2.91. The number of ether oxygens (including phenoxy) is 2. The van der Waals surface area contributed by atoms with Gasteiger partial charge in [0.05, 0.1) is 15.4 Å². The van der Waals surface area contributed by atoms with E-state index in [1.165, 1.54) is 24.3 Å². The summed E-state index contributed by atoms with van der Waals surface area (Å²) in [5.74, 6) is 0.552. The van der Waals surface area contributed by atoms with Gasteiger partial charge in [0.25, 0.3) is 15.8 Å². The number of rotatable bonds is 6. The predicted octanol–water partition coefficient (Wildman–Crippen LogP) is 3.48. The Labute approximate surface area is 162 Å². The van der Waals surface area contributed by atoms with Crippen molar-refractivity contribution in [3.63, 3.8) is 0 Å². The fraction of sp³-hybridized carbons (Fsp3) is 0.263. The maximum atomic E-state index is 12.3. The van der Waals surface area contributed by atoms with Crippen LogP contribution in [0.25, 0.3) is 6.08 Å². The van der Waals surface area contributed by atoms with Gasteiger partial charge >= 0.3 is 0 Å². The number of fused-ring (bicyclic) bond motifs is 1. The lowest BCUT2D eigenvalue weighted by Crippen LogP contribution is -2.34. The molecule has 2 aromatic carbocycles. The van der Waals surface area contributed by atoms with E-state index in [9.17, 15) is 18.5 Å². The molecular formula is C19H19NO7S. The largest absolute Gasteiger partial charge is 0.486 e. The first-order chi connectivity index (χ1) is 13.3. The monoisotopic (exact) mass is 405 g/mol. The minimum absolute atomic E-state index is 0.0421. The van der Waals surface area contributed by atoms with Gasteiger partial charge in [0.2, 0.25) is 0 Å². The minimum atomic E-state index is -3.95. The highest BCUT2D eigenvalue weighted by Gasteiger charge is 2.29. The molecule has 0 amide bonds. The van der Waals surface area contributed by atoms with Gasteiger partial charge in [-0.2, -0.15) is 8.42 Å². The molecule has 8 nitrogen and oxygen atoms in total. The van der Waals surface area contributed by atoms with E-state index in [0.29, 0.717) is 5.75 Å².